The fraction of sp³-hybridized carbons (Fsp3) is 0.143. The summed E-state index contributed by atoms with van der Waals surface area (Å²) in [5.41, 5.74) is 6.04. The Bertz CT molecular complexity index is 502. The van der Waals surface area contributed by atoms with Crippen molar-refractivity contribution < 1.29 is 9.90 Å². The van der Waals surface area contributed by atoms with Crippen molar-refractivity contribution in [3.8, 4) is 0 Å². The van der Waals surface area contributed by atoms with Gasteiger partial charge in [0.2, 0.25) is 0 Å². The van der Waals surface area contributed by atoms with Crippen LogP contribution in [-0.4, -0.2) is 22.3 Å². The number of anilines is 1. The summed E-state index contributed by atoms with van der Waals surface area (Å²) in [6.07, 6.45) is 1.93. The second-order valence-corrected chi connectivity index (χ2v) is 5.52. The van der Waals surface area contributed by atoms with Gasteiger partial charge in [-0.2, -0.15) is 0 Å². The first-order valence-corrected chi connectivity index (χ1v) is 6.45. The molecule has 0 aliphatic carbocycles. The Balaban J connectivity index is 2.66. The monoisotopic (exact) mass is 246 g/mol. The van der Waals surface area contributed by atoms with E-state index >= 15 is 0 Å². The molecule has 7 heteroatoms. The zero-order chi connectivity index (χ0) is 10.3. The Morgan fingerprint density at radius 3 is 2.79 bits per heavy atom. The van der Waals surface area contributed by atoms with Crippen LogP contribution in [0.1, 0.15) is 9.67 Å². The molecule has 74 valence electrons. The van der Waals surface area contributed by atoms with E-state index in [1.54, 1.807) is 0 Å². The zero-order valence-corrected chi connectivity index (χ0v) is 9.55. The van der Waals surface area contributed by atoms with Gasteiger partial charge in [0.15, 0.2) is 4.34 Å². The van der Waals surface area contributed by atoms with Crippen molar-refractivity contribution in [2.75, 3.05) is 12.0 Å². The van der Waals surface area contributed by atoms with E-state index in [0.717, 1.165) is 20.4 Å². The number of nitrogens with two attached hydrogens (primary N) is 1. The van der Waals surface area contributed by atoms with Crippen molar-refractivity contribution >= 4 is 55.6 Å². The highest BCUT2D eigenvalue weighted by atomic mass is 32.2. The van der Waals surface area contributed by atoms with Crippen LogP contribution in [0.3, 0.4) is 0 Å². The number of carboxylic acids is 1. The lowest BCUT2D eigenvalue weighted by Gasteiger charge is -1.89. The maximum atomic E-state index is 10.7. The van der Waals surface area contributed by atoms with E-state index in [2.05, 4.69) is 4.98 Å². The third-order valence-electron chi connectivity index (χ3n) is 1.63. The predicted molar refractivity (Wildman–Crippen MR) is 60.6 cm³/mol. The van der Waals surface area contributed by atoms with Gasteiger partial charge in [0.25, 0.3) is 0 Å². The Hall–Kier alpha value is -0.790. The highest BCUT2D eigenvalue weighted by molar-refractivity contribution is 8.00. The van der Waals surface area contributed by atoms with Gasteiger partial charge in [-0.1, -0.05) is 11.8 Å². The number of carboxylic acid groups (broad SMARTS) is 1. The van der Waals surface area contributed by atoms with Crippen molar-refractivity contribution in [2.45, 2.75) is 4.34 Å². The summed E-state index contributed by atoms with van der Waals surface area (Å²) in [6.45, 7) is 0. The number of thiazole rings is 1. The number of carbonyl (C=O) groups is 1. The fourth-order valence-corrected chi connectivity index (χ4v) is 3.71. The van der Waals surface area contributed by atoms with E-state index in [1.807, 2.05) is 6.26 Å². The average Bonchev–Trinajstić information content (AvgIpc) is 2.65. The topological polar surface area (TPSA) is 76.2 Å². The fourth-order valence-electron chi connectivity index (χ4n) is 1.03. The molecule has 2 rings (SSSR count). The normalized spacial score (nSPS) is 10.9. The van der Waals surface area contributed by atoms with Crippen LogP contribution < -0.4 is 5.73 Å². The van der Waals surface area contributed by atoms with Crippen molar-refractivity contribution in [1.29, 1.82) is 0 Å². The summed E-state index contributed by atoms with van der Waals surface area (Å²) in [5.74, 6) is -0.983. The minimum Gasteiger partial charge on any atom is -0.477 e. The lowest BCUT2D eigenvalue weighted by atomic mass is 10.4. The van der Waals surface area contributed by atoms with Crippen molar-refractivity contribution in [1.82, 2.24) is 4.98 Å². The molecule has 2 aromatic heterocycles. The maximum absolute atomic E-state index is 10.7. The van der Waals surface area contributed by atoms with Gasteiger partial charge in [-0.15, -0.1) is 22.7 Å². The molecule has 2 heterocycles. The molecule has 0 aromatic carbocycles. The molecule has 2 aromatic rings. The number of aromatic nitrogens is 1. The molecule has 0 fully saturated rings. The SMILES string of the molecule is CSc1nc2sc(C(=O)O)c(N)c2s1. The molecule has 14 heavy (non-hydrogen) atoms. The molecular weight excluding hydrogens is 240 g/mol. The van der Waals surface area contributed by atoms with E-state index in [1.165, 1.54) is 23.1 Å². The summed E-state index contributed by atoms with van der Waals surface area (Å²) < 4.78 is 1.70. The molecule has 0 amide bonds. The minimum atomic E-state index is -0.983. The van der Waals surface area contributed by atoms with Crippen LogP contribution in [0.15, 0.2) is 4.34 Å². The van der Waals surface area contributed by atoms with Crippen LogP contribution in [0.25, 0.3) is 9.53 Å². The van der Waals surface area contributed by atoms with E-state index in [4.69, 9.17) is 10.8 Å². The third kappa shape index (κ3) is 1.37. The minimum absolute atomic E-state index is 0.186. The van der Waals surface area contributed by atoms with Gasteiger partial charge in [0, 0.05) is 0 Å². The molecule has 0 atom stereocenters. The summed E-state index contributed by atoms with van der Waals surface area (Å²) in [4.78, 5) is 15.9. The molecule has 0 aliphatic rings. The quantitative estimate of drug-likeness (QED) is 0.795. The Morgan fingerprint density at radius 1 is 1.57 bits per heavy atom. The van der Waals surface area contributed by atoms with Gasteiger partial charge in [-0.3, -0.25) is 0 Å². The molecule has 0 bridgehead atoms. The zero-order valence-electron chi connectivity index (χ0n) is 7.10. The standard InChI is InChI=1S/C7H6N2O2S3/c1-12-7-9-5-3(14-7)2(8)4(13-5)6(10)11/h8H2,1H3,(H,10,11). The number of thiophene rings is 1. The van der Waals surface area contributed by atoms with Crippen molar-refractivity contribution in [3.63, 3.8) is 0 Å². The maximum Gasteiger partial charge on any atom is 0.348 e. The molecule has 0 saturated carbocycles. The summed E-state index contributed by atoms with van der Waals surface area (Å²) >= 11 is 4.10. The molecular formula is C7H6N2O2S3. The van der Waals surface area contributed by atoms with Crippen LogP contribution in [0.4, 0.5) is 5.69 Å². The Morgan fingerprint density at radius 2 is 2.29 bits per heavy atom. The first-order valence-electron chi connectivity index (χ1n) is 3.59. The van der Waals surface area contributed by atoms with Crippen LogP contribution >= 0.6 is 34.4 Å². The largest absolute Gasteiger partial charge is 0.477 e. The van der Waals surface area contributed by atoms with Crippen molar-refractivity contribution in [3.05, 3.63) is 4.88 Å². The second kappa shape index (κ2) is 3.41. The summed E-state index contributed by atoms with van der Waals surface area (Å²) in [5, 5.41) is 8.81. The van der Waals surface area contributed by atoms with E-state index in [9.17, 15) is 4.79 Å². The Kier molecular flexibility index (Phi) is 2.38. The number of rotatable bonds is 2. The van der Waals surface area contributed by atoms with Crippen LogP contribution in [0.5, 0.6) is 0 Å². The summed E-state index contributed by atoms with van der Waals surface area (Å²) in [7, 11) is 0. The smallest absolute Gasteiger partial charge is 0.348 e. The number of nitrogen functional groups attached to an aromatic ring is 1. The molecule has 0 unspecified atom stereocenters. The number of aromatic carboxylic acids is 1. The van der Waals surface area contributed by atoms with Gasteiger partial charge in [0.05, 0.1) is 10.4 Å². The molecule has 0 saturated heterocycles. The van der Waals surface area contributed by atoms with Crippen molar-refractivity contribution in [2.24, 2.45) is 0 Å². The molecule has 0 spiro atoms. The first-order chi connectivity index (χ1) is 6.63. The number of hydrogen-bond acceptors (Lipinski definition) is 6. The lowest BCUT2D eigenvalue weighted by molar-refractivity contribution is 0.0703. The number of fused-ring (bicyclic) bond motifs is 1. The highest BCUT2D eigenvalue weighted by Crippen LogP contribution is 2.39. The van der Waals surface area contributed by atoms with Crippen LogP contribution in [-0.2, 0) is 0 Å². The average molecular weight is 246 g/mol. The molecule has 4 nitrogen and oxygen atoms in total. The van der Waals surface area contributed by atoms with Crippen LogP contribution in [0.2, 0.25) is 0 Å². The van der Waals surface area contributed by atoms with Gasteiger partial charge < -0.3 is 10.8 Å². The second-order valence-electron chi connectivity index (χ2n) is 2.47. The molecule has 0 aliphatic heterocycles. The summed E-state index contributed by atoms with van der Waals surface area (Å²) in [6, 6.07) is 0. The number of thioether (sulfide) groups is 1. The van der Waals surface area contributed by atoms with E-state index in [0.29, 0.717) is 10.5 Å². The highest BCUT2D eigenvalue weighted by Gasteiger charge is 2.18. The Labute approximate surface area is 91.8 Å². The van der Waals surface area contributed by atoms with Gasteiger partial charge in [-0.05, 0) is 6.26 Å². The lowest BCUT2D eigenvalue weighted by Crippen LogP contribution is -1.96. The van der Waals surface area contributed by atoms with Gasteiger partial charge in [0.1, 0.15) is 9.71 Å². The number of nitrogens with zero attached hydrogens (tertiary/aromatic N) is 1. The van der Waals surface area contributed by atoms with Crippen LogP contribution in [0, 0.1) is 0 Å². The molecule has 0 radical (unpaired) electrons. The van der Waals surface area contributed by atoms with Gasteiger partial charge >= 0.3 is 5.97 Å². The third-order valence-corrected chi connectivity index (χ3v) is 4.92. The van der Waals surface area contributed by atoms with Gasteiger partial charge in [-0.25, -0.2) is 9.78 Å². The van der Waals surface area contributed by atoms with E-state index in [-0.39, 0.29) is 4.88 Å². The molecule has 3 N–H and O–H groups in total. The first kappa shape index (κ1) is 9.75. The number of hydrogen-bond donors (Lipinski definition) is 2. The predicted octanol–water partition coefficient (Wildman–Crippen LogP) is 2.36. The van der Waals surface area contributed by atoms with E-state index < -0.39 is 5.97 Å².